The summed E-state index contributed by atoms with van der Waals surface area (Å²) in [6.07, 6.45) is 0. The highest BCUT2D eigenvalue weighted by molar-refractivity contribution is 7.80. The van der Waals surface area contributed by atoms with E-state index in [0.29, 0.717) is 16.4 Å². The number of phenolic OH excluding ortho intramolecular Hbond substituents is 1. The van der Waals surface area contributed by atoms with Crippen molar-refractivity contribution in [2.45, 2.75) is 33.2 Å². The van der Waals surface area contributed by atoms with Gasteiger partial charge in [-0.3, -0.25) is 5.43 Å². The van der Waals surface area contributed by atoms with Crippen molar-refractivity contribution in [3.05, 3.63) is 29.8 Å². The molecule has 3 N–H and O–H groups in total. The molecule has 0 aliphatic heterocycles. The molecule has 0 atom stereocenters. The third kappa shape index (κ3) is 4.71. The second-order valence-electron chi connectivity index (χ2n) is 5.03. The number of nitrogens with zero attached hydrogens (tertiary/aromatic N) is 1. The lowest BCUT2D eigenvalue weighted by Gasteiger charge is -2.21. The summed E-state index contributed by atoms with van der Waals surface area (Å²) in [6.45, 7) is 7.85. The van der Waals surface area contributed by atoms with Crippen LogP contribution in [0.2, 0.25) is 0 Å². The Morgan fingerprint density at radius 2 is 1.89 bits per heavy atom. The van der Waals surface area contributed by atoms with Crippen molar-refractivity contribution in [2.24, 2.45) is 5.10 Å². The van der Waals surface area contributed by atoms with Crippen LogP contribution in [-0.2, 0) is 0 Å². The average Bonchev–Trinajstić information content (AvgIpc) is 2.24. The van der Waals surface area contributed by atoms with Gasteiger partial charge in [0.2, 0.25) is 0 Å². The molecular formula is C13H19N3OS. The first-order chi connectivity index (χ1) is 8.29. The number of hydrogen-bond donors (Lipinski definition) is 3. The Hall–Kier alpha value is -1.62. The number of hydrogen-bond acceptors (Lipinski definition) is 3. The molecule has 4 nitrogen and oxygen atoms in total. The van der Waals surface area contributed by atoms with E-state index in [9.17, 15) is 5.11 Å². The summed E-state index contributed by atoms with van der Waals surface area (Å²) in [5.41, 5.74) is 4.01. The van der Waals surface area contributed by atoms with Gasteiger partial charge in [-0.1, -0.05) is 12.1 Å². The second kappa shape index (κ2) is 5.82. The number of para-hydroxylation sites is 1. The van der Waals surface area contributed by atoms with Crippen LogP contribution >= 0.6 is 12.2 Å². The van der Waals surface area contributed by atoms with Crippen LogP contribution in [0.15, 0.2) is 29.4 Å². The van der Waals surface area contributed by atoms with Crippen molar-refractivity contribution in [3.8, 4) is 5.75 Å². The standard InChI is InChI=1S/C13H19N3OS/c1-9(10-7-5-6-8-11(10)17)15-16-12(18)14-13(2,3)4/h5-8,17H,1-4H3,(H2,14,16,18). The Labute approximate surface area is 113 Å². The lowest BCUT2D eigenvalue weighted by molar-refractivity contribution is 0.474. The Balaban J connectivity index is 2.69. The molecule has 0 fully saturated rings. The highest BCUT2D eigenvalue weighted by Gasteiger charge is 2.10. The number of nitrogens with one attached hydrogen (secondary N) is 2. The number of rotatable bonds is 2. The van der Waals surface area contributed by atoms with E-state index in [1.165, 1.54) is 0 Å². The fourth-order valence-corrected chi connectivity index (χ4v) is 1.69. The first-order valence-electron chi connectivity index (χ1n) is 5.70. The van der Waals surface area contributed by atoms with Crippen LogP contribution in [0.3, 0.4) is 0 Å². The van der Waals surface area contributed by atoms with E-state index in [1.807, 2.05) is 33.8 Å². The fourth-order valence-electron chi connectivity index (χ4n) is 1.34. The Kier molecular flexibility index (Phi) is 4.67. The SMILES string of the molecule is CC(=NNC(=S)NC(C)(C)C)c1ccccc1O. The third-order valence-corrected chi connectivity index (χ3v) is 2.30. The molecule has 0 bridgehead atoms. The summed E-state index contributed by atoms with van der Waals surface area (Å²) in [5.74, 6) is 0.204. The minimum Gasteiger partial charge on any atom is -0.507 e. The van der Waals surface area contributed by atoms with E-state index in [-0.39, 0.29) is 11.3 Å². The molecule has 0 amide bonds. The first kappa shape index (κ1) is 14.4. The Bertz CT molecular complexity index is 464. The second-order valence-corrected chi connectivity index (χ2v) is 5.44. The molecule has 0 aromatic heterocycles. The monoisotopic (exact) mass is 265 g/mol. The van der Waals surface area contributed by atoms with Crippen LogP contribution in [-0.4, -0.2) is 21.5 Å². The van der Waals surface area contributed by atoms with Gasteiger partial charge in [-0.05, 0) is 52.0 Å². The molecule has 0 saturated carbocycles. The zero-order valence-electron chi connectivity index (χ0n) is 11.1. The molecule has 98 valence electrons. The van der Waals surface area contributed by atoms with Crippen molar-refractivity contribution in [2.75, 3.05) is 0 Å². The van der Waals surface area contributed by atoms with Gasteiger partial charge in [0, 0.05) is 11.1 Å². The zero-order valence-corrected chi connectivity index (χ0v) is 11.9. The van der Waals surface area contributed by atoms with E-state index >= 15 is 0 Å². The molecule has 1 rings (SSSR count). The zero-order chi connectivity index (χ0) is 13.8. The minimum absolute atomic E-state index is 0.109. The molecular weight excluding hydrogens is 246 g/mol. The highest BCUT2D eigenvalue weighted by atomic mass is 32.1. The molecule has 0 spiro atoms. The summed E-state index contributed by atoms with van der Waals surface area (Å²) in [4.78, 5) is 0. The van der Waals surface area contributed by atoms with Crippen LogP contribution in [0, 0.1) is 0 Å². The van der Waals surface area contributed by atoms with Gasteiger partial charge in [-0.25, -0.2) is 0 Å². The minimum atomic E-state index is -0.109. The van der Waals surface area contributed by atoms with Crippen molar-refractivity contribution in [1.82, 2.24) is 10.7 Å². The number of aromatic hydroxyl groups is 1. The molecule has 0 radical (unpaired) electrons. The quantitative estimate of drug-likeness (QED) is 0.436. The van der Waals surface area contributed by atoms with Crippen LogP contribution in [0.4, 0.5) is 0 Å². The van der Waals surface area contributed by atoms with Gasteiger partial charge in [0.25, 0.3) is 0 Å². The molecule has 0 unspecified atom stereocenters. The molecule has 0 heterocycles. The van der Waals surface area contributed by atoms with Crippen molar-refractivity contribution in [3.63, 3.8) is 0 Å². The predicted molar refractivity (Wildman–Crippen MR) is 78.9 cm³/mol. The Morgan fingerprint density at radius 3 is 2.44 bits per heavy atom. The van der Waals surface area contributed by atoms with E-state index in [2.05, 4.69) is 15.8 Å². The summed E-state index contributed by atoms with van der Waals surface area (Å²) in [6, 6.07) is 7.04. The van der Waals surface area contributed by atoms with Gasteiger partial charge in [0.05, 0.1) is 5.71 Å². The maximum Gasteiger partial charge on any atom is 0.187 e. The van der Waals surface area contributed by atoms with Gasteiger partial charge in [-0.15, -0.1) is 0 Å². The molecule has 1 aromatic rings. The third-order valence-electron chi connectivity index (χ3n) is 2.11. The Morgan fingerprint density at radius 1 is 1.28 bits per heavy atom. The van der Waals surface area contributed by atoms with Crippen molar-refractivity contribution in [1.29, 1.82) is 0 Å². The first-order valence-corrected chi connectivity index (χ1v) is 6.11. The number of benzene rings is 1. The summed E-state index contributed by atoms with van der Waals surface area (Å²) in [7, 11) is 0. The molecule has 5 heteroatoms. The summed E-state index contributed by atoms with van der Waals surface area (Å²) in [5, 5.41) is 17.4. The predicted octanol–water partition coefficient (Wildman–Crippen LogP) is 2.38. The van der Waals surface area contributed by atoms with E-state index in [0.717, 1.165) is 0 Å². The van der Waals surface area contributed by atoms with E-state index in [1.54, 1.807) is 18.2 Å². The summed E-state index contributed by atoms with van der Waals surface area (Å²) >= 11 is 5.11. The topological polar surface area (TPSA) is 56.7 Å². The molecule has 0 aliphatic carbocycles. The van der Waals surface area contributed by atoms with Gasteiger partial charge >= 0.3 is 0 Å². The smallest absolute Gasteiger partial charge is 0.187 e. The largest absolute Gasteiger partial charge is 0.507 e. The van der Waals surface area contributed by atoms with Crippen LogP contribution in [0.1, 0.15) is 33.3 Å². The highest BCUT2D eigenvalue weighted by Crippen LogP contribution is 2.16. The molecule has 1 aromatic carbocycles. The maximum atomic E-state index is 9.68. The van der Waals surface area contributed by atoms with Crippen LogP contribution in [0.25, 0.3) is 0 Å². The van der Waals surface area contributed by atoms with Gasteiger partial charge in [0.15, 0.2) is 5.11 Å². The normalized spacial score (nSPS) is 12.1. The summed E-state index contributed by atoms with van der Waals surface area (Å²) < 4.78 is 0. The van der Waals surface area contributed by atoms with Crippen molar-refractivity contribution >= 4 is 23.0 Å². The van der Waals surface area contributed by atoms with Gasteiger partial charge < -0.3 is 10.4 Å². The fraction of sp³-hybridized carbons (Fsp3) is 0.385. The van der Waals surface area contributed by atoms with Gasteiger partial charge in [0.1, 0.15) is 5.75 Å². The van der Waals surface area contributed by atoms with E-state index in [4.69, 9.17) is 12.2 Å². The number of phenols is 1. The maximum absolute atomic E-state index is 9.68. The van der Waals surface area contributed by atoms with Gasteiger partial charge in [-0.2, -0.15) is 5.10 Å². The molecule has 0 aliphatic rings. The molecule has 0 saturated heterocycles. The lowest BCUT2D eigenvalue weighted by atomic mass is 10.1. The van der Waals surface area contributed by atoms with Crippen LogP contribution < -0.4 is 10.7 Å². The van der Waals surface area contributed by atoms with Crippen LogP contribution in [0.5, 0.6) is 5.75 Å². The number of hydrazone groups is 1. The van der Waals surface area contributed by atoms with Crippen molar-refractivity contribution < 1.29 is 5.11 Å². The number of thiocarbonyl (C=S) groups is 1. The lowest BCUT2D eigenvalue weighted by Crippen LogP contribution is -2.44. The average molecular weight is 265 g/mol. The van der Waals surface area contributed by atoms with E-state index < -0.39 is 0 Å². The molecule has 18 heavy (non-hydrogen) atoms.